The largest absolute Gasteiger partial charge is 0.376 e. The number of rotatable bonds is 5. The zero-order valence-corrected chi connectivity index (χ0v) is 14.2. The van der Waals surface area contributed by atoms with Crippen LogP contribution in [-0.2, 0) is 10.0 Å². The first-order valence-corrected chi connectivity index (χ1v) is 8.56. The first-order chi connectivity index (χ1) is 11.4. The van der Waals surface area contributed by atoms with Gasteiger partial charge < -0.3 is 15.2 Å². The number of hydrogen-bond acceptors (Lipinski definition) is 7. The summed E-state index contributed by atoms with van der Waals surface area (Å²) in [5.74, 6) is 0.514. The number of anilines is 3. The second-order valence-corrected chi connectivity index (χ2v) is 7.12. The minimum atomic E-state index is -3.55. The highest BCUT2D eigenvalue weighted by molar-refractivity contribution is 7.89. The Balaban J connectivity index is 2.11. The normalized spacial score (nSPS) is 11.6. The average Bonchev–Trinajstić information content (AvgIpc) is 3.04. The molecular formula is C14H17N7O2S. The van der Waals surface area contributed by atoms with Crippen LogP contribution in [0, 0.1) is 0 Å². The molecule has 0 aliphatic heterocycles. The van der Waals surface area contributed by atoms with Crippen LogP contribution in [0.25, 0.3) is 11.2 Å². The molecule has 0 aliphatic rings. The molecule has 0 radical (unpaired) electrons. The van der Waals surface area contributed by atoms with Gasteiger partial charge in [-0.25, -0.2) is 28.1 Å². The number of nitrogens with one attached hydrogen (secondary N) is 3. The van der Waals surface area contributed by atoms with Gasteiger partial charge in [-0.1, -0.05) is 0 Å². The maximum absolute atomic E-state index is 12.1. The fraction of sp³-hybridized carbons (Fsp3) is 0.214. The van der Waals surface area contributed by atoms with Crippen LogP contribution in [-0.4, -0.2) is 49.5 Å². The number of aromatic nitrogens is 4. The Bertz CT molecular complexity index is 982. The molecule has 1 aromatic carbocycles. The lowest BCUT2D eigenvalue weighted by molar-refractivity contribution is 0.588. The summed E-state index contributed by atoms with van der Waals surface area (Å²) in [6, 6.07) is 4.85. The Morgan fingerprint density at radius 2 is 1.96 bits per heavy atom. The van der Waals surface area contributed by atoms with Gasteiger partial charge in [-0.05, 0) is 25.2 Å². The molecule has 0 bridgehead atoms. The van der Waals surface area contributed by atoms with E-state index in [1.807, 2.05) is 19.0 Å². The number of sulfonamides is 1. The van der Waals surface area contributed by atoms with E-state index in [9.17, 15) is 8.42 Å². The zero-order valence-electron chi connectivity index (χ0n) is 13.4. The molecule has 2 aromatic heterocycles. The molecule has 2 heterocycles. The van der Waals surface area contributed by atoms with E-state index in [0.29, 0.717) is 22.7 Å². The third-order valence-electron chi connectivity index (χ3n) is 3.50. The highest BCUT2D eigenvalue weighted by Crippen LogP contribution is 2.31. The molecule has 0 saturated carbocycles. The SMILES string of the molecule is CNS(=O)(=O)c1ccc(N(C)C)c(Nc2ncnc3nc[nH]c23)c1. The zero-order chi connectivity index (χ0) is 17.3. The highest BCUT2D eigenvalue weighted by atomic mass is 32.2. The molecule has 126 valence electrons. The maximum Gasteiger partial charge on any atom is 0.240 e. The standard InChI is InChI=1S/C14H17N7O2S/c1-15-24(22,23)9-4-5-11(21(2)3)10(6-9)20-14-12-13(17-7-16-12)18-8-19-14/h4-8,15H,1-3H3,(H2,16,17,18,19,20). The number of benzene rings is 1. The molecule has 0 spiro atoms. The van der Waals surface area contributed by atoms with Gasteiger partial charge in [0.25, 0.3) is 0 Å². The van der Waals surface area contributed by atoms with Gasteiger partial charge in [0.05, 0.1) is 22.6 Å². The molecular weight excluding hydrogens is 330 g/mol. The minimum absolute atomic E-state index is 0.160. The monoisotopic (exact) mass is 347 g/mol. The molecule has 0 atom stereocenters. The van der Waals surface area contributed by atoms with Crippen molar-refractivity contribution in [1.82, 2.24) is 24.7 Å². The van der Waals surface area contributed by atoms with E-state index in [1.165, 1.54) is 19.7 Å². The summed E-state index contributed by atoms with van der Waals surface area (Å²) in [6.45, 7) is 0. The number of aromatic amines is 1. The van der Waals surface area contributed by atoms with Crippen molar-refractivity contribution in [2.24, 2.45) is 0 Å². The Labute approximate surface area is 139 Å². The molecule has 10 heteroatoms. The van der Waals surface area contributed by atoms with Crippen molar-refractivity contribution in [2.75, 3.05) is 31.4 Å². The minimum Gasteiger partial charge on any atom is -0.376 e. The van der Waals surface area contributed by atoms with Gasteiger partial charge in [-0.2, -0.15) is 0 Å². The van der Waals surface area contributed by atoms with Crippen LogP contribution in [0.4, 0.5) is 17.2 Å². The van der Waals surface area contributed by atoms with E-state index in [1.54, 1.807) is 18.2 Å². The van der Waals surface area contributed by atoms with Crippen molar-refractivity contribution < 1.29 is 8.42 Å². The van der Waals surface area contributed by atoms with E-state index >= 15 is 0 Å². The van der Waals surface area contributed by atoms with E-state index in [4.69, 9.17) is 0 Å². The van der Waals surface area contributed by atoms with E-state index < -0.39 is 10.0 Å². The quantitative estimate of drug-likeness (QED) is 0.632. The molecule has 0 fully saturated rings. The maximum atomic E-state index is 12.1. The van der Waals surface area contributed by atoms with Gasteiger partial charge in [-0.3, -0.25) is 0 Å². The van der Waals surface area contributed by atoms with Gasteiger partial charge >= 0.3 is 0 Å². The van der Waals surface area contributed by atoms with Gasteiger partial charge in [0.2, 0.25) is 10.0 Å². The first kappa shape index (κ1) is 16.1. The summed E-state index contributed by atoms with van der Waals surface area (Å²) in [5, 5.41) is 3.16. The smallest absolute Gasteiger partial charge is 0.240 e. The number of imidazole rings is 1. The molecule has 9 nitrogen and oxygen atoms in total. The molecule has 24 heavy (non-hydrogen) atoms. The fourth-order valence-electron chi connectivity index (χ4n) is 2.28. The highest BCUT2D eigenvalue weighted by Gasteiger charge is 2.16. The first-order valence-electron chi connectivity index (χ1n) is 7.08. The van der Waals surface area contributed by atoms with Crippen molar-refractivity contribution in [3.05, 3.63) is 30.9 Å². The predicted molar refractivity (Wildman–Crippen MR) is 92.0 cm³/mol. The third kappa shape index (κ3) is 2.88. The van der Waals surface area contributed by atoms with Crippen molar-refractivity contribution in [3.8, 4) is 0 Å². The summed E-state index contributed by atoms with van der Waals surface area (Å²) >= 11 is 0. The van der Waals surface area contributed by atoms with Crippen LogP contribution < -0.4 is 14.9 Å². The van der Waals surface area contributed by atoms with Crippen LogP contribution in [0.15, 0.2) is 35.7 Å². The Morgan fingerprint density at radius 3 is 2.67 bits per heavy atom. The molecule has 3 aromatic rings. The summed E-state index contributed by atoms with van der Waals surface area (Å²) in [4.78, 5) is 17.4. The summed E-state index contributed by atoms with van der Waals surface area (Å²) in [7, 11) is 1.57. The number of nitrogens with zero attached hydrogens (tertiary/aromatic N) is 4. The van der Waals surface area contributed by atoms with Gasteiger partial charge in [0.1, 0.15) is 11.8 Å². The van der Waals surface area contributed by atoms with Crippen molar-refractivity contribution in [3.63, 3.8) is 0 Å². The fourth-order valence-corrected chi connectivity index (χ4v) is 3.03. The predicted octanol–water partition coefficient (Wildman–Crippen LogP) is 1.07. The van der Waals surface area contributed by atoms with Crippen LogP contribution in [0.2, 0.25) is 0 Å². The van der Waals surface area contributed by atoms with E-state index in [0.717, 1.165) is 5.69 Å². The van der Waals surface area contributed by atoms with E-state index in [2.05, 4.69) is 30.0 Å². The summed E-state index contributed by atoms with van der Waals surface area (Å²) < 4.78 is 26.4. The van der Waals surface area contributed by atoms with Crippen molar-refractivity contribution in [1.29, 1.82) is 0 Å². The van der Waals surface area contributed by atoms with Crippen LogP contribution in [0.5, 0.6) is 0 Å². The van der Waals surface area contributed by atoms with Crippen LogP contribution >= 0.6 is 0 Å². The lowest BCUT2D eigenvalue weighted by Crippen LogP contribution is -2.19. The lowest BCUT2D eigenvalue weighted by atomic mass is 10.2. The molecule has 3 N–H and O–H groups in total. The third-order valence-corrected chi connectivity index (χ3v) is 4.92. The molecule has 0 amide bonds. The number of hydrogen-bond donors (Lipinski definition) is 3. The Kier molecular flexibility index (Phi) is 4.08. The Hall–Kier alpha value is -2.72. The Morgan fingerprint density at radius 1 is 1.17 bits per heavy atom. The number of fused-ring (bicyclic) bond motifs is 1. The second kappa shape index (κ2) is 6.06. The van der Waals surface area contributed by atoms with Crippen LogP contribution in [0.1, 0.15) is 0 Å². The topological polar surface area (TPSA) is 116 Å². The van der Waals surface area contributed by atoms with Crippen molar-refractivity contribution >= 4 is 38.4 Å². The van der Waals surface area contributed by atoms with Gasteiger partial charge in [0, 0.05) is 14.1 Å². The molecule has 0 saturated heterocycles. The van der Waals surface area contributed by atoms with Crippen molar-refractivity contribution in [2.45, 2.75) is 4.90 Å². The van der Waals surface area contributed by atoms with Gasteiger partial charge in [-0.15, -0.1) is 0 Å². The second-order valence-electron chi connectivity index (χ2n) is 5.23. The average molecular weight is 347 g/mol. The lowest BCUT2D eigenvalue weighted by Gasteiger charge is -2.19. The summed E-state index contributed by atoms with van der Waals surface area (Å²) in [5.41, 5.74) is 2.59. The van der Waals surface area contributed by atoms with E-state index in [-0.39, 0.29) is 4.90 Å². The molecule has 0 unspecified atom stereocenters. The van der Waals surface area contributed by atoms with Gasteiger partial charge in [0.15, 0.2) is 11.5 Å². The molecule has 0 aliphatic carbocycles. The number of H-pyrrole nitrogens is 1. The molecule has 3 rings (SSSR count). The van der Waals surface area contributed by atoms with Crippen LogP contribution in [0.3, 0.4) is 0 Å². The summed E-state index contributed by atoms with van der Waals surface area (Å²) in [6.07, 6.45) is 2.92.